The normalized spacial score (nSPS) is 22.9. The number of hydrogen-bond acceptors (Lipinski definition) is 2. The first kappa shape index (κ1) is 15.6. The van der Waals surface area contributed by atoms with Crippen molar-refractivity contribution in [2.24, 2.45) is 5.92 Å². The summed E-state index contributed by atoms with van der Waals surface area (Å²) in [6.45, 7) is 0. The van der Waals surface area contributed by atoms with Crippen molar-refractivity contribution >= 4 is 11.7 Å². The van der Waals surface area contributed by atoms with Crippen LogP contribution in [0.4, 0.5) is 23.2 Å². The van der Waals surface area contributed by atoms with E-state index < -0.39 is 35.5 Å². The van der Waals surface area contributed by atoms with Crippen LogP contribution in [0.2, 0.25) is 0 Å². The lowest BCUT2D eigenvalue weighted by Crippen LogP contribution is -2.37. The Labute approximate surface area is 119 Å². The topological polar surface area (TPSA) is 49.3 Å². The van der Waals surface area contributed by atoms with E-state index in [0.29, 0.717) is 18.9 Å². The molecule has 2 atom stereocenters. The minimum Gasteiger partial charge on any atom is -0.481 e. The highest BCUT2D eigenvalue weighted by molar-refractivity contribution is 5.72. The molecule has 0 aromatic heterocycles. The molecule has 0 aliphatic heterocycles. The summed E-state index contributed by atoms with van der Waals surface area (Å²) in [6.07, 6.45) is -1.98. The molecular formula is C14H15F4NO2. The van der Waals surface area contributed by atoms with Crippen LogP contribution in [0.25, 0.3) is 0 Å². The lowest BCUT2D eigenvalue weighted by atomic mass is 9.84. The first-order valence-electron chi connectivity index (χ1n) is 6.65. The molecule has 0 radical (unpaired) electrons. The van der Waals surface area contributed by atoms with Crippen LogP contribution in [-0.2, 0) is 11.0 Å². The molecule has 1 fully saturated rings. The molecule has 1 aromatic carbocycles. The van der Waals surface area contributed by atoms with E-state index in [-0.39, 0.29) is 5.69 Å². The molecule has 2 N–H and O–H groups in total. The monoisotopic (exact) mass is 305 g/mol. The van der Waals surface area contributed by atoms with Crippen molar-refractivity contribution in [3.8, 4) is 0 Å². The zero-order valence-corrected chi connectivity index (χ0v) is 11.1. The van der Waals surface area contributed by atoms with E-state index in [1.165, 1.54) is 0 Å². The molecule has 0 spiro atoms. The van der Waals surface area contributed by atoms with Gasteiger partial charge in [-0.25, -0.2) is 4.39 Å². The molecule has 116 valence electrons. The number of nitrogens with one attached hydrogen (secondary N) is 1. The van der Waals surface area contributed by atoms with Gasteiger partial charge in [0.05, 0.1) is 17.2 Å². The van der Waals surface area contributed by atoms with Crippen molar-refractivity contribution in [2.75, 3.05) is 5.32 Å². The average Bonchev–Trinajstić information content (AvgIpc) is 2.40. The van der Waals surface area contributed by atoms with Gasteiger partial charge in [0.2, 0.25) is 0 Å². The number of rotatable bonds is 3. The molecule has 21 heavy (non-hydrogen) atoms. The number of carbonyl (C=O) groups is 1. The van der Waals surface area contributed by atoms with Crippen LogP contribution in [0.15, 0.2) is 18.2 Å². The highest BCUT2D eigenvalue weighted by Gasteiger charge is 2.33. The molecule has 7 heteroatoms. The summed E-state index contributed by atoms with van der Waals surface area (Å²) in [5.74, 6) is -2.65. The van der Waals surface area contributed by atoms with Crippen molar-refractivity contribution in [2.45, 2.75) is 37.9 Å². The standard InChI is InChI=1S/C14H15F4NO2/c15-10-7-8(14(16,17)18)5-6-12(10)19-11-4-2-1-3-9(11)13(20)21/h5-7,9,11,19H,1-4H2,(H,20,21). The zero-order valence-electron chi connectivity index (χ0n) is 11.1. The lowest BCUT2D eigenvalue weighted by molar-refractivity contribution is -0.143. The Hall–Kier alpha value is -1.79. The van der Waals surface area contributed by atoms with Crippen LogP contribution in [0.1, 0.15) is 31.2 Å². The minimum atomic E-state index is -4.60. The second-order valence-electron chi connectivity index (χ2n) is 5.17. The third-order valence-corrected chi connectivity index (χ3v) is 3.72. The summed E-state index contributed by atoms with van der Waals surface area (Å²) in [6, 6.07) is 1.74. The molecule has 0 bridgehead atoms. The average molecular weight is 305 g/mol. The fourth-order valence-corrected chi connectivity index (χ4v) is 2.61. The number of carboxylic acids is 1. The predicted octanol–water partition coefficient (Wildman–Crippen LogP) is 3.90. The minimum absolute atomic E-state index is 0.0962. The summed E-state index contributed by atoms with van der Waals surface area (Å²) in [7, 11) is 0. The first-order chi connectivity index (χ1) is 9.79. The Kier molecular flexibility index (Phi) is 4.39. The molecule has 1 aliphatic carbocycles. The number of alkyl halides is 3. The number of carboxylic acid groups (broad SMARTS) is 1. The van der Waals surface area contributed by atoms with Crippen molar-refractivity contribution in [1.82, 2.24) is 0 Å². The predicted molar refractivity (Wildman–Crippen MR) is 68.4 cm³/mol. The van der Waals surface area contributed by atoms with Gasteiger partial charge in [0, 0.05) is 6.04 Å². The number of anilines is 1. The second kappa shape index (κ2) is 5.91. The van der Waals surface area contributed by atoms with E-state index in [9.17, 15) is 22.4 Å². The van der Waals surface area contributed by atoms with Gasteiger partial charge in [-0.3, -0.25) is 4.79 Å². The second-order valence-corrected chi connectivity index (χ2v) is 5.17. The number of halogens is 4. The maximum Gasteiger partial charge on any atom is 0.416 e. The van der Waals surface area contributed by atoms with Gasteiger partial charge in [-0.1, -0.05) is 12.8 Å². The van der Waals surface area contributed by atoms with E-state index in [1.807, 2.05) is 0 Å². The summed E-state index contributed by atoms with van der Waals surface area (Å²) in [5, 5.41) is 11.9. The first-order valence-corrected chi connectivity index (χ1v) is 6.65. The number of aliphatic carboxylic acids is 1. The molecule has 3 nitrogen and oxygen atoms in total. The van der Waals surface area contributed by atoms with Crippen molar-refractivity contribution in [3.63, 3.8) is 0 Å². The molecule has 1 saturated carbocycles. The van der Waals surface area contributed by atoms with Gasteiger partial charge in [0.25, 0.3) is 0 Å². The highest BCUT2D eigenvalue weighted by Crippen LogP contribution is 2.33. The lowest BCUT2D eigenvalue weighted by Gasteiger charge is -2.30. The van der Waals surface area contributed by atoms with E-state index >= 15 is 0 Å². The molecule has 2 rings (SSSR count). The summed E-state index contributed by atoms with van der Waals surface area (Å²) >= 11 is 0. The summed E-state index contributed by atoms with van der Waals surface area (Å²) in [4.78, 5) is 11.1. The largest absolute Gasteiger partial charge is 0.481 e. The highest BCUT2D eigenvalue weighted by atomic mass is 19.4. The van der Waals surface area contributed by atoms with Gasteiger partial charge in [0.1, 0.15) is 5.82 Å². The van der Waals surface area contributed by atoms with Gasteiger partial charge >= 0.3 is 12.1 Å². The molecule has 0 saturated heterocycles. The Morgan fingerprint density at radius 1 is 1.24 bits per heavy atom. The third kappa shape index (κ3) is 3.65. The summed E-state index contributed by atoms with van der Waals surface area (Å²) in [5.41, 5.74) is -1.16. The van der Waals surface area contributed by atoms with Gasteiger partial charge in [-0.15, -0.1) is 0 Å². The van der Waals surface area contributed by atoms with Crippen LogP contribution in [0.3, 0.4) is 0 Å². The molecule has 0 heterocycles. The fraction of sp³-hybridized carbons (Fsp3) is 0.500. The maximum atomic E-state index is 13.8. The Morgan fingerprint density at radius 3 is 2.48 bits per heavy atom. The Morgan fingerprint density at radius 2 is 1.90 bits per heavy atom. The molecule has 2 unspecified atom stereocenters. The van der Waals surface area contributed by atoms with Crippen LogP contribution >= 0.6 is 0 Å². The smallest absolute Gasteiger partial charge is 0.416 e. The van der Waals surface area contributed by atoms with E-state index in [0.717, 1.165) is 25.0 Å². The van der Waals surface area contributed by atoms with Crippen molar-refractivity contribution < 1.29 is 27.5 Å². The van der Waals surface area contributed by atoms with Crippen molar-refractivity contribution in [1.29, 1.82) is 0 Å². The van der Waals surface area contributed by atoms with Crippen LogP contribution in [0, 0.1) is 11.7 Å². The zero-order chi connectivity index (χ0) is 15.6. The summed E-state index contributed by atoms with van der Waals surface area (Å²) < 4.78 is 51.1. The molecular weight excluding hydrogens is 290 g/mol. The molecule has 0 amide bonds. The number of hydrogen-bond donors (Lipinski definition) is 2. The molecule has 1 aromatic rings. The maximum absolute atomic E-state index is 13.8. The SMILES string of the molecule is O=C(O)C1CCCCC1Nc1ccc(C(F)(F)F)cc1F. The Bertz CT molecular complexity index is 530. The van der Waals surface area contributed by atoms with Gasteiger partial charge < -0.3 is 10.4 Å². The van der Waals surface area contributed by atoms with Crippen molar-refractivity contribution in [3.05, 3.63) is 29.6 Å². The third-order valence-electron chi connectivity index (χ3n) is 3.72. The van der Waals surface area contributed by atoms with Gasteiger partial charge in [-0.2, -0.15) is 13.2 Å². The van der Waals surface area contributed by atoms with Crippen LogP contribution < -0.4 is 5.32 Å². The fourth-order valence-electron chi connectivity index (χ4n) is 2.61. The quantitative estimate of drug-likeness (QED) is 0.833. The Balaban J connectivity index is 2.17. The van der Waals surface area contributed by atoms with Crippen LogP contribution in [-0.4, -0.2) is 17.1 Å². The number of benzene rings is 1. The van der Waals surface area contributed by atoms with E-state index in [1.54, 1.807) is 0 Å². The van der Waals surface area contributed by atoms with Crippen LogP contribution in [0.5, 0.6) is 0 Å². The van der Waals surface area contributed by atoms with E-state index in [2.05, 4.69) is 5.32 Å². The van der Waals surface area contributed by atoms with E-state index in [4.69, 9.17) is 5.11 Å². The molecule has 1 aliphatic rings. The van der Waals surface area contributed by atoms with Gasteiger partial charge in [-0.05, 0) is 31.0 Å². The van der Waals surface area contributed by atoms with Gasteiger partial charge in [0.15, 0.2) is 0 Å².